The zero-order valence-corrected chi connectivity index (χ0v) is 10.2. The fourth-order valence-corrected chi connectivity index (χ4v) is 1.32. The minimum absolute atomic E-state index is 0.118. The maximum atomic E-state index is 4.19. The van der Waals surface area contributed by atoms with Gasteiger partial charge >= 0.3 is 0 Å². The Labute approximate surface area is 96.9 Å². The fourth-order valence-electron chi connectivity index (χ4n) is 1.32. The van der Waals surface area contributed by atoms with Gasteiger partial charge in [-0.1, -0.05) is 0 Å². The minimum atomic E-state index is 0.118. The monoisotopic (exact) mass is 220 g/mol. The second-order valence-corrected chi connectivity index (χ2v) is 5.43. The molecular weight excluding hydrogens is 200 g/mol. The first-order valence-electron chi connectivity index (χ1n) is 5.87. The van der Waals surface area contributed by atoms with Crippen molar-refractivity contribution in [2.45, 2.75) is 51.7 Å². The van der Waals surface area contributed by atoms with Crippen molar-refractivity contribution in [2.24, 2.45) is 0 Å². The molecule has 2 N–H and O–H groups in total. The average Bonchev–Trinajstić information content (AvgIpc) is 3.00. The Morgan fingerprint density at radius 1 is 1.25 bits per heavy atom. The number of hydrogen-bond acceptors (Lipinski definition) is 4. The Kier molecular flexibility index (Phi) is 3.10. The van der Waals surface area contributed by atoms with E-state index in [9.17, 15) is 0 Å². The second kappa shape index (κ2) is 4.37. The largest absolute Gasteiger partial charge is 0.366 e. The zero-order valence-electron chi connectivity index (χ0n) is 10.2. The molecule has 4 nitrogen and oxygen atoms in total. The summed E-state index contributed by atoms with van der Waals surface area (Å²) >= 11 is 0. The predicted octanol–water partition coefficient (Wildman–Crippen LogP) is 1.94. The molecule has 1 fully saturated rings. The van der Waals surface area contributed by atoms with Gasteiger partial charge < -0.3 is 10.6 Å². The summed E-state index contributed by atoms with van der Waals surface area (Å²) in [6, 6.07) is 4.66. The predicted molar refractivity (Wildman–Crippen MR) is 65.3 cm³/mol. The van der Waals surface area contributed by atoms with Crippen LogP contribution in [0.15, 0.2) is 12.1 Å². The van der Waals surface area contributed by atoms with Crippen LogP contribution in [0, 0.1) is 0 Å². The highest BCUT2D eigenvalue weighted by Gasteiger charge is 2.21. The lowest BCUT2D eigenvalue weighted by Crippen LogP contribution is -2.35. The zero-order chi connectivity index (χ0) is 11.6. The normalized spacial score (nSPS) is 16.2. The first-order valence-corrected chi connectivity index (χ1v) is 5.87. The van der Waals surface area contributed by atoms with Gasteiger partial charge in [-0.2, -0.15) is 5.10 Å². The third-order valence-corrected chi connectivity index (χ3v) is 2.45. The highest BCUT2D eigenvalue weighted by atomic mass is 15.2. The Morgan fingerprint density at radius 3 is 2.50 bits per heavy atom. The summed E-state index contributed by atoms with van der Waals surface area (Å²) in [4.78, 5) is 0. The van der Waals surface area contributed by atoms with Crippen LogP contribution in [0.3, 0.4) is 0 Å². The summed E-state index contributed by atoms with van der Waals surface area (Å²) < 4.78 is 0. The van der Waals surface area contributed by atoms with E-state index < -0.39 is 0 Å². The molecule has 0 aliphatic heterocycles. The van der Waals surface area contributed by atoms with Crippen molar-refractivity contribution in [2.75, 3.05) is 5.32 Å². The molecule has 1 aromatic heterocycles. The van der Waals surface area contributed by atoms with E-state index in [4.69, 9.17) is 0 Å². The first-order chi connectivity index (χ1) is 7.53. The Morgan fingerprint density at radius 2 is 2.00 bits per heavy atom. The number of nitrogens with zero attached hydrogens (tertiary/aromatic N) is 2. The van der Waals surface area contributed by atoms with Gasteiger partial charge in [-0.25, -0.2) is 0 Å². The number of anilines is 1. The quantitative estimate of drug-likeness (QED) is 0.814. The van der Waals surface area contributed by atoms with Crippen LogP contribution < -0.4 is 10.6 Å². The molecule has 0 saturated heterocycles. The van der Waals surface area contributed by atoms with E-state index in [1.807, 2.05) is 12.1 Å². The molecule has 0 unspecified atom stereocenters. The van der Waals surface area contributed by atoms with Crippen molar-refractivity contribution in [3.63, 3.8) is 0 Å². The molecule has 1 aromatic rings. The smallest absolute Gasteiger partial charge is 0.148 e. The van der Waals surface area contributed by atoms with Gasteiger partial charge in [0.1, 0.15) is 5.82 Å². The number of aromatic nitrogens is 2. The molecule has 2 rings (SSSR count). The molecule has 1 saturated carbocycles. The molecule has 0 amide bonds. The van der Waals surface area contributed by atoms with Crippen LogP contribution in [0.2, 0.25) is 0 Å². The molecule has 0 radical (unpaired) electrons. The number of nitrogens with one attached hydrogen (secondary N) is 2. The van der Waals surface area contributed by atoms with Crippen molar-refractivity contribution in [3.05, 3.63) is 17.8 Å². The van der Waals surface area contributed by atoms with Gasteiger partial charge in [0.15, 0.2) is 0 Å². The van der Waals surface area contributed by atoms with Crippen LogP contribution in [-0.4, -0.2) is 21.8 Å². The van der Waals surface area contributed by atoms with Crippen molar-refractivity contribution >= 4 is 5.82 Å². The van der Waals surface area contributed by atoms with Gasteiger partial charge in [-0.15, -0.1) is 5.10 Å². The molecular formula is C12H20N4. The van der Waals surface area contributed by atoms with E-state index in [0.717, 1.165) is 18.1 Å². The first kappa shape index (κ1) is 11.3. The van der Waals surface area contributed by atoms with Crippen LogP contribution in [0.25, 0.3) is 0 Å². The van der Waals surface area contributed by atoms with Crippen molar-refractivity contribution in [1.82, 2.24) is 15.5 Å². The van der Waals surface area contributed by atoms with Gasteiger partial charge in [0.05, 0.1) is 5.69 Å². The van der Waals surface area contributed by atoms with Crippen LogP contribution in [0.1, 0.15) is 39.3 Å². The van der Waals surface area contributed by atoms with Crippen LogP contribution in [0.5, 0.6) is 0 Å². The molecule has 4 heteroatoms. The summed E-state index contributed by atoms with van der Waals surface area (Å²) in [5.41, 5.74) is 1.10. The van der Waals surface area contributed by atoms with Gasteiger partial charge in [-0.3, -0.25) is 0 Å². The van der Waals surface area contributed by atoms with Gasteiger partial charge in [0.25, 0.3) is 0 Å². The molecule has 1 heterocycles. The number of rotatable bonds is 4. The van der Waals surface area contributed by atoms with E-state index in [2.05, 4.69) is 41.6 Å². The standard InChI is InChI=1S/C12H20N4/c1-12(2,3)13-8-10-6-7-11(16-15-10)14-9-4-5-9/h6-7,9,13H,4-5,8H2,1-3H3,(H,14,16). The average molecular weight is 220 g/mol. The van der Waals surface area contributed by atoms with E-state index >= 15 is 0 Å². The molecule has 0 aromatic carbocycles. The van der Waals surface area contributed by atoms with E-state index in [1.54, 1.807) is 0 Å². The lowest BCUT2D eigenvalue weighted by atomic mass is 10.1. The topological polar surface area (TPSA) is 49.8 Å². The summed E-state index contributed by atoms with van der Waals surface area (Å²) in [7, 11) is 0. The van der Waals surface area contributed by atoms with Gasteiger partial charge in [0, 0.05) is 18.1 Å². The molecule has 0 atom stereocenters. The Balaban J connectivity index is 1.86. The third-order valence-electron chi connectivity index (χ3n) is 2.45. The molecule has 0 bridgehead atoms. The Bertz CT molecular complexity index is 335. The van der Waals surface area contributed by atoms with E-state index in [0.29, 0.717) is 6.04 Å². The lowest BCUT2D eigenvalue weighted by molar-refractivity contribution is 0.420. The van der Waals surface area contributed by atoms with Crippen molar-refractivity contribution < 1.29 is 0 Å². The van der Waals surface area contributed by atoms with E-state index in [1.165, 1.54) is 12.8 Å². The number of hydrogen-bond donors (Lipinski definition) is 2. The van der Waals surface area contributed by atoms with Crippen molar-refractivity contribution in [3.8, 4) is 0 Å². The Hall–Kier alpha value is -1.16. The second-order valence-electron chi connectivity index (χ2n) is 5.43. The highest BCUT2D eigenvalue weighted by Crippen LogP contribution is 2.23. The molecule has 88 valence electrons. The van der Waals surface area contributed by atoms with E-state index in [-0.39, 0.29) is 5.54 Å². The molecule has 1 aliphatic carbocycles. The lowest BCUT2D eigenvalue weighted by Gasteiger charge is -2.19. The fraction of sp³-hybridized carbons (Fsp3) is 0.667. The summed E-state index contributed by atoms with van der Waals surface area (Å²) in [5.74, 6) is 0.891. The highest BCUT2D eigenvalue weighted by molar-refractivity contribution is 5.35. The maximum absolute atomic E-state index is 4.19. The van der Waals surface area contributed by atoms with Gasteiger partial charge in [0.2, 0.25) is 0 Å². The molecule has 0 spiro atoms. The SMILES string of the molecule is CC(C)(C)NCc1ccc(NC2CC2)nn1. The van der Waals surface area contributed by atoms with Crippen LogP contribution in [0.4, 0.5) is 5.82 Å². The summed E-state index contributed by atoms with van der Waals surface area (Å²) in [6.45, 7) is 7.19. The summed E-state index contributed by atoms with van der Waals surface area (Å²) in [5, 5.41) is 15.1. The molecule has 16 heavy (non-hydrogen) atoms. The third kappa shape index (κ3) is 3.77. The van der Waals surface area contributed by atoms with Gasteiger partial charge in [-0.05, 0) is 45.7 Å². The minimum Gasteiger partial charge on any atom is -0.366 e. The van der Waals surface area contributed by atoms with Crippen molar-refractivity contribution in [1.29, 1.82) is 0 Å². The maximum Gasteiger partial charge on any atom is 0.148 e. The summed E-state index contributed by atoms with van der Waals surface area (Å²) in [6.07, 6.45) is 2.52. The molecule has 1 aliphatic rings. The van der Waals surface area contributed by atoms with Crippen LogP contribution in [-0.2, 0) is 6.54 Å². The van der Waals surface area contributed by atoms with Crippen LogP contribution >= 0.6 is 0 Å².